The zero-order valence-electron chi connectivity index (χ0n) is 10.8. The molecule has 0 aromatic heterocycles. The molecule has 0 radical (unpaired) electrons. The summed E-state index contributed by atoms with van der Waals surface area (Å²) in [7, 11) is 0. The summed E-state index contributed by atoms with van der Waals surface area (Å²) < 4.78 is 0. The van der Waals surface area contributed by atoms with Crippen LogP contribution in [0.15, 0.2) is 12.1 Å². The number of nitrogens with two attached hydrogens (primary N) is 1. The monoisotopic (exact) mass is 303 g/mol. The van der Waals surface area contributed by atoms with E-state index in [0.29, 0.717) is 15.7 Å². The number of halogens is 2. The van der Waals surface area contributed by atoms with Gasteiger partial charge in [-0.15, -0.1) is 0 Å². The molecule has 1 aromatic carbocycles. The van der Waals surface area contributed by atoms with Crippen LogP contribution in [0.2, 0.25) is 10.0 Å². The van der Waals surface area contributed by atoms with Gasteiger partial charge in [-0.2, -0.15) is 0 Å². The van der Waals surface area contributed by atoms with E-state index in [-0.39, 0.29) is 6.61 Å². The highest BCUT2D eigenvalue weighted by Gasteiger charge is 2.19. The number of nitrogen functional groups attached to an aromatic ring is 1. The van der Waals surface area contributed by atoms with Crippen molar-refractivity contribution in [1.29, 1.82) is 0 Å². The first kappa shape index (κ1) is 14.7. The highest BCUT2D eigenvalue weighted by Crippen LogP contribution is 2.36. The number of hydrogen-bond donors (Lipinski definition) is 2. The van der Waals surface area contributed by atoms with Crippen molar-refractivity contribution in [2.24, 2.45) is 0 Å². The number of anilines is 2. The van der Waals surface area contributed by atoms with E-state index in [1.807, 2.05) is 0 Å². The summed E-state index contributed by atoms with van der Waals surface area (Å²) in [5.74, 6) is 0. The Bertz CT molecular complexity index is 419. The van der Waals surface area contributed by atoms with Crippen molar-refractivity contribution >= 4 is 34.6 Å². The minimum atomic E-state index is 0.198. The van der Waals surface area contributed by atoms with Gasteiger partial charge in [-0.05, 0) is 25.1 Å². The molecule has 3 N–H and O–H groups in total. The van der Waals surface area contributed by atoms with Crippen molar-refractivity contribution in [3.05, 3.63) is 22.2 Å². The Kier molecular flexibility index (Phi) is 5.16. The molecule has 0 unspecified atom stereocenters. The second kappa shape index (κ2) is 6.66. The maximum atomic E-state index is 9.00. The Morgan fingerprint density at radius 2 is 1.79 bits per heavy atom. The molecule has 1 aromatic rings. The molecule has 1 aliphatic rings. The van der Waals surface area contributed by atoms with Gasteiger partial charge >= 0.3 is 0 Å². The molecule has 0 bridgehead atoms. The van der Waals surface area contributed by atoms with E-state index in [1.54, 1.807) is 12.1 Å². The molecule has 0 aliphatic carbocycles. The smallest absolute Gasteiger partial charge is 0.0746 e. The van der Waals surface area contributed by atoms with Crippen LogP contribution in [-0.2, 0) is 0 Å². The number of aliphatic hydroxyl groups excluding tert-OH is 1. The van der Waals surface area contributed by atoms with Crippen LogP contribution in [-0.4, -0.2) is 49.3 Å². The SMILES string of the molecule is Nc1cc(Cl)c(N2CCCN(CCO)CC2)c(Cl)c1. The molecule has 6 heteroatoms. The van der Waals surface area contributed by atoms with Crippen molar-refractivity contribution < 1.29 is 5.11 Å². The zero-order valence-corrected chi connectivity index (χ0v) is 12.3. The lowest BCUT2D eigenvalue weighted by molar-refractivity contribution is 0.204. The van der Waals surface area contributed by atoms with Gasteiger partial charge in [-0.1, -0.05) is 23.2 Å². The lowest BCUT2D eigenvalue weighted by Crippen LogP contribution is -2.32. The fourth-order valence-corrected chi connectivity index (χ4v) is 3.19. The lowest BCUT2D eigenvalue weighted by atomic mass is 10.2. The van der Waals surface area contributed by atoms with Crippen molar-refractivity contribution in [3.63, 3.8) is 0 Å². The summed E-state index contributed by atoms with van der Waals surface area (Å²) in [5.41, 5.74) is 7.17. The fourth-order valence-electron chi connectivity index (χ4n) is 2.45. The van der Waals surface area contributed by atoms with E-state index < -0.39 is 0 Å². The van der Waals surface area contributed by atoms with Crippen LogP contribution >= 0.6 is 23.2 Å². The number of nitrogens with zero attached hydrogens (tertiary/aromatic N) is 2. The molecule has 1 saturated heterocycles. The lowest BCUT2D eigenvalue weighted by Gasteiger charge is -2.25. The number of β-amino-alcohol motifs (C(OH)–C–C–N with tert-alkyl or cyclic N) is 1. The van der Waals surface area contributed by atoms with Gasteiger partial charge in [0.2, 0.25) is 0 Å². The molecular formula is C13H19Cl2N3O. The molecule has 0 saturated carbocycles. The first-order valence-corrected chi connectivity index (χ1v) is 7.20. The van der Waals surface area contributed by atoms with E-state index in [2.05, 4.69) is 9.80 Å². The Labute approximate surface area is 123 Å². The number of hydrogen-bond acceptors (Lipinski definition) is 4. The van der Waals surface area contributed by atoms with Crippen molar-refractivity contribution in [3.8, 4) is 0 Å². The van der Waals surface area contributed by atoms with E-state index in [0.717, 1.165) is 44.8 Å². The standard InChI is InChI=1S/C13H19Cl2N3O/c14-11-8-10(16)9-12(15)13(11)18-3-1-2-17(4-5-18)6-7-19/h8-9,19H,1-7,16H2. The van der Waals surface area contributed by atoms with E-state index in [4.69, 9.17) is 34.0 Å². The molecule has 2 rings (SSSR count). The molecule has 1 fully saturated rings. The van der Waals surface area contributed by atoms with Gasteiger partial charge in [0.15, 0.2) is 0 Å². The van der Waals surface area contributed by atoms with Gasteiger partial charge in [-0.3, -0.25) is 4.90 Å². The van der Waals surface area contributed by atoms with Crippen molar-refractivity contribution in [2.75, 3.05) is 50.0 Å². The van der Waals surface area contributed by atoms with Gasteiger partial charge in [0.25, 0.3) is 0 Å². The topological polar surface area (TPSA) is 52.7 Å². The molecule has 0 atom stereocenters. The molecule has 1 heterocycles. The maximum Gasteiger partial charge on any atom is 0.0746 e. The number of benzene rings is 1. The molecular weight excluding hydrogens is 285 g/mol. The largest absolute Gasteiger partial charge is 0.399 e. The first-order valence-electron chi connectivity index (χ1n) is 6.44. The van der Waals surface area contributed by atoms with E-state index >= 15 is 0 Å². The van der Waals surface area contributed by atoms with Crippen LogP contribution in [0.25, 0.3) is 0 Å². The second-order valence-electron chi connectivity index (χ2n) is 4.74. The Morgan fingerprint density at radius 1 is 1.11 bits per heavy atom. The second-order valence-corrected chi connectivity index (χ2v) is 5.55. The Balaban J connectivity index is 2.14. The van der Waals surface area contributed by atoms with Gasteiger partial charge in [0.1, 0.15) is 0 Å². The van der Waals surface area contributed by atoms with E-state index in [9.17, 15) is 0 Å². The summed E-state index contributed by atoms with van der Waals surface area (Å²) in [5, 5.41) is 10.2. The fraction of sp³-hybridized carbons (Fsp3) is 0.538. The molecule has 1 aliphatic heterocycles. The molecule has 19 heavy (non-hydrogen) atoms. The average molecular weight is 304 g/mol. The quantitative estimate of drug-likeness (QED) is 0.840. The Morgan fingerprint density at radius 3 is 2.42 bits per heavy atom. The molecule has 106 valence electrons. The zero-order chi connectivity index (χ0) is 13.8. The maximum absolute atomic E-state index is 9.00. The number of aliphatic hydroxyl groups is 1. The van der Waals surface area contributed by atoms with Gasteiger partial charge < -0.3 is 15.7 Å². The predicted molar refractivity (Wildman–Crippen MR) is 81.2 cm³/mol. The minimum absolute atomic E-state index is 0.198. The molecule has 0 spiro atoms. The van der Waals surface area contributed by atoms with Crippen molar-refractivity contribution in [1.82, 2.24) is 4.90 Å². The third-order valence-electron chi connectivity index (χ3n) is 3.36. The highest BCUT2D eigenvalue weighted by molar-refractivity contribution is 6.39. The normalized spacial score (nSPS) is 17.5. The van der Waals surface area contributed by atoms with Crippen LogP contribution in [0.4, 0.5) is 11.4 Å². The first-order chi connectivity index (χ1) is 9.11. The van der Waals surface area contributed by atoms with E-state index in [1.165, 1.54) is 0 Å². The molecule has 4 nitrogen and oxygen atoms in total. The summed E-state index contributed by atoms with van der Waals surface area (Å²) in [6.45, 7) is 4.56. The van der Waals surface area contributed by atoms with Crippen LogP contribution < -0.4 is 10.6 Å². The summed E-state index contributed by atoms with van der Waals surface area (Å²) in [4.78, 5) is 4.45. The highest BCUT2D eigenvalue weighted by atomic mass is 35.5. The van der Waals surface area contributed by atoms with Crippen LogP contribution in [0.5, 0.6) is 0 Å². The van der Waals surface area contributed by atoms with Crippen LogP contribution in [0.3, 0.4) is 0 Å². The minimum Gasteiger partial charge on any atom is -0.399 e. The van der Waals surface area contributed by atoms with Gasteiger partial charge in [-0.25, -0.2) is 0 Å². The summed E-state index contributed by atoms with van der Waals surface area (Å²) in [6, 6.07) is 3.47. The summed E-state index contributed by atoms with van der Waals surface area (Å²) in [6.07, 6.45) is 1.02. The van der Waals surface area contributed by atoms with Crippen LogP contribution in [0, 0.1) is 0 Å². The van der Waals surface area contributed by atoms with Crippen LogP contribution in [0.1, 0.15) is 6.42 Å². The molecule has 0 amide bonds. The number of rotatable bonds is 3. The van der Waals surface area contributed by atoms with Crippen molar-refractivity contribution in [2.45, 2.75) is 6.42 Å². The average Bonchev–Trinajstić information content (AvgIpc) is 2.54. The van der Waals surface area contributed by atoms with Gasteiger partial charge in [0.05, 0.1) is 22.3 Å². The third-order valence-corrected chi connectivity index (χ3v) is 3.94. The predicted octanol–water partition coefficient (Wildman–Crippen LogP) is 2.08. The van der Waals surface area contributed by atoms with Gasteiger partial charge in [0, 0.05) is 31.9 Å². The third kappa shape index (κ3) is 3.66. The Hall–Kier alpha value is -0.680. The summed E-state index contributed by atoms with van der Waals surface area (Å²) >= 11 is 12.5.